The third-order valence-corrected chi connectivity index (χ3v) is 10.7. The zero-order chi connectivity index (χ0) is 36.0. The maximum Gasteiger partial charge on any atom is 0.237 e. The van der Waals surface area contributed by atoms with Crippen molar-refractivity contribution in [2.45, 2.75) is 45.8 Å². The number of fused-ring (bicyclic) bond motifs is 1. The summed E-state index contributed by atoms with van der Waals surface area (Å²) in [5.41, 5.74) is 6.39. The van der Waals surface area contributed by atoms with Crippen LogP contribution in [0.15, 0.2) is 72.0 Å². The number of nitrogens with zero attached hydrogens (tertiary/aromatic N) is 8. The van der Waals surface area contributed by atoms with Gasteiger partial charge in [-0.25, -0.2) is 9.97 Å². The number of rotatable bonds is 9. The number of methoxy groups -OCH3 is 1. The zero-order valence-corrected chi connectivity index (χ0v) is 30.2. The molecular formula is C40H44N8O4. The number of aromatic nitrogens is 4. The summed E-state index contributed by atoms with van der Waals surface area (Å²) in [6.45, 7) is 8.01. The number of hydrogen-bond acceptors (Lipinski definition) is 9. The lowest BCUT2D eigenvalue weighted by molar-refractivity contribution is -0.132. The van der Waals surface area contributed by atoms with Crippen LogP contribution in [-0.2, 0) is 23.2 Å². The van der Waals surface area contributed by atoms with E-state index in [1.54, 1.807) is 18.1 Å². The first-order valence-electron chi connectivity index (χ1n) is 18.1. The summed E-state index contributed by atoms with van der Waals surface area (Å²) in [6, 6.07) is 18.1. The molecule has 8 rings (SSSR count). The molecule has 2 aromatic carbocycles. The Bertz CT molecular complexity index is 2090. The van der Waals surface area contributed by atoms with Crippen LogP contribution in [0.5, 0.6) is 11.5 Å². The summed E-state index contributed by atoms with van der Waals surface area (Å²) in [4.78, 5) is 47.6. The van der Waals surface area contributed by atoms with Gasteiger partial charge in [0.05, 0.1) is 43.1 Å². The summed E-state index contributed by atoms with van der Waals surface area (Å²) in [5, 5.41) is 4.38. The number of carbonyl (C=O) groups is 2. The number of benzene rings is 2. The second kappa shape index (κ2) is 13.6. The highest BCUT2D eigenvalue weighted by Gasteiger charge is 2.51. The Morgan fingerprint density at radius 2 is 1.75 bits per heavy atom. The van der Waals surface area contributed by atoms with E-state index < -0.39 is 5.41 Å². The molecule has 4 aliphatic rings. The fraction of sp³-hybridized carbons (Fsp3) is 0.400. The van der Waals surface area contributed by atoms with Crippen LogP contribution in [0.3, 0.4) is 0 Å². The fourth-order valence-corrected chi connectivity index (χ4v) is 7.86. The minimum absolute atomic E-state index is 0.0236. The monoisotopic (exact) mass is 700 g/mol. The van der Waals surface area contributed by atoms with Gasteiger partial charge in [0.25, 0.3) is 0 Å². The van der Waals surface area contributed by atoms with Gasteiger partial charge in [-0.3, -0.25) is 29.1 Å². The van der Waals surface area contributed by atoms with E-state index in [2.05, 4.69) is 33.2 Å². The van der Waals surface area contributed by atoms with Crippen molar-refractivity contribution in [2.24, 2.45) is 17.5 Å². The van der Waals surface area contributed by atoms with Gasteiger partial charge in [-0.2, -0.15) is 5.10 Å². The molecule has 52 heavy (non-hydrogen) atoms. The number of carbonyl (C=O) groups excluding carboxylic acids is 2. The van der Waals surface area contributed by atoms with E-state index >= 15 is 0 Å². The van der Waals surface area contributed by atoms with Crippen molar-refractivity contribution < 1.29 is 19.1 Å². The molecule has 2 aromatic heterocycles. The number of aryl methyl sites for hydroxylation is 1. The van der Waals surface area contributed by atoms with Crippen molar-refractivity contribution >= 4 is 28.9 Å². The molecule has 0 radical (unpaired) electrons. The molecule has 6 heterocycles. The van der Waals surface area contributed by atoms with Crippen LogP contribution in [0.2, 0.25) is 0 Å². The van der Waals surface area contributed by atoms with Crippen LogP contribution in [0.1, 0.15) is 55.5 Å². The van der Waals surface area contributed by atoms with Gasteiger partial charge < -0.3 is 14.4 Å². The molecule has 1 spiro atoms. The summed E-state index contributed by atoms with van der Waals surface area (Å²) in [6.07, 6.45) is 6.17. The Morgan fingerprint density at radius 3 is 2.48 bits per heavy atom. The SMILES string of the molecule is COc1cc(C2=NCc3ccc(N4CC[C@]5(CCN(CC(=O)N6CC=C(c7ccc(-c8ncn(C)n8)cc7)CC6)C5)C4=O)nc32)ccc1OC(C)C. The third-order valence-electron chi connectivity index (χ3n) is 10.7. The topological polar surface area (TPSA) is 118 Å². The van der Waals surface area contributed by atoms with Crippen molar-refractivity contribution in [1.82, 2.24) is 29.5 Å². The molecule has 0 unspecified atom stereocenters. The van der Waals surface area contributed by atoms with Gasteiger partial charge in [0, 0.05) is 49.9 Å². The Morgan fingerprint density at radius 1 is 0.962 bits per heavy atom. The minimum Gasteiger partial charge on any atom is -0.493 e. The largest absolute Gasteiger partial charge is 0.493 e. The first kappa shape index (κ1) is 33.8. The maximum atomic E-state index is 14.1. The van der Waals surface area contributed by atoms with Gasteiger partial charge >= 0.3 is 0 Å². The van der Waals surface area contributed by atoms with Crippen molar-refractivity contribution in [1.29, 1.82) is 0 Å². The molecule has 268 valence electrons. The number of amides is 2. The zero-order valence-electron chi connectivity index (χ0n) is 30.2. The predicted molar refractivity (Wildman–Crippen MR) is 198 cm³/mol. The second-order valence-electron chi connectivity index (χ2n) is 14.5. The van der Waals surface area contributed by atoms with E-state index in [4.69, 9.17) is 19.5 Å². The molecule has 0 bridgehead atoms. The van der Waals surface area contributed by atoms with Crippen molar-refractivity contribution in [3.05, 3.63) is 89.4 Å². The molecule has 0 saturated carbocycles. The Kier molecular flexibility index (Phi) is 8.86. The number of hydrogen-bond donors (Lipinski definition) is 0. The number of anilines is 1. The first-order chi connectivity index (χ1) is 25.2. The average molecular weight is 701 g/mol. The molecule has 2 amide bonds. The van der Waals surface area contributed by atoms with Crippen LogP contribution >= 0.6 is 0 Å². The third kappa shape index (κ3) is 6.36. The molecule has 4 aliphatic heterocycles. The van der Waals surface area contributed by atoms with Crippen molar-refractivity contribution in [2.75, 3.05) is 51.3 Å². The number of ether oxygens (including phenoxy) is 2. The predicted octanol–water partition coefficient (Wildman–Crippen LogP) is 4.77. The lowest BCUT2D eigenvalue weighted by Crippen LogP contribution is -2.43. The first-order valence-corrected chi connectivity index (χ1v) is 18.1. The van der Waals surface area contributed by atoms with Crippen molar-refractivity contribution in [3.8, 4) is 22.9 Å². The summed E-state index contributed by atoms with van der Waals surface area (Å²) < 4.78 is 13.2. The molecular weight excluding hydrogens is 656 g/mol. The molecule has 0 aliphatic carbocycles. The van der Waals surface area contributed by atoms with Gasteiger partial charge in [0.2, 0.25) is 11.8 Å². The number of pyridine rings is 1. The van der Waals surface area contributed by atoms with E-state index in [9.17, 15) is 9.59 Å². The standard InChI is InChI=1S/C40H44N8O4/c1-26(2)52-32-11-9-30(21-33(32)51-4)36-37-31(22-41-36)10-12-34(43-37)48-20-16-40(39(48)50)15-19-46(24-40)23-35(49)47-17-13-28(14-18-47)27-5-7-29(8-6-27)38-42-25-45(3)44-38/h5-13,21,25-26H,14-20,22-24H2,1-4H3/t40-/m0/s1. The van der Waals surface area contributed by atoms with Crippen LogP contribution in [-0.4, -0.2) is 99.6 Å². The van der Waals surface area contributed by atoms with Crippen molar-refractivity contribution in [3.63, 3.8) is 0 Å². The normalized spacial score (nSPS) is 20.1. The van der Waals surface area contributed by atoms with E-state index in [0.717, 1.165) is 59.5 Å². The van der Waals surface area contributed by atoms with Crippen LogP contribution < -0.4 is 14.4 Å². The van der Waals surface area contributed by atoms with Crippen LogP contribution in [0.25, 0.3) is 17.0 Å². The number of aliphatic imine (C=N–C) groups is 1. The van der Waals surface area contributed by atoms with E-state index in [0.29, 0.717) is 62.4 Å². The second-order valence-corrected chi connectivity index (χ2v) is 14.5. The lowest BCUT2D eigenvalue weighted by Gasteiger charge is -2.29. The average Bonchev–Trinajstić information content (AvgIpc) is 3.95. The van der Waals surface area contributed by atoms with Gasteiger partial charge in [0.15, 0.2) is 17.3 Å². The highest BCUT2D eigenvalue weighted by Crippen LogP contribution is 2.42. The van der Waals surface area contributed by atoms with E-state index in [1.165, 1.54) is 5.57 Å². The maximum absolute atomic E-state index is 14.1. The highest BCUT2D eigenvalue weighted by molar-refractivity contribution is 6.14. The summed E-state index contributed by atoms with van der Waals surface area (Å²) in [5.74, 6) is 2.89. The summed E-state index contributed by atoms with van der Waals surface area (Å²) in [7, 11) is 3.49. The lowest BCUT2D eigenvalue weighted by atomic mass is 9.85. The number of likely N-dealkylation sites (tertiary alicyclic amines) is 1. The van der Waals surface area contributed by atoms with Gasteiger partial charge in [0.1, 0.15) is 12.1 Å². The van der Waals surface area contributed by atoms with Gasteiger partial charge in [-0.15, -0.1) is 0 Å². The van der Waals surface area contributed by atoms with E-state index in [-0.39, 0.29) is 17.9 Å². The highest BCUT2D eigenvalue weighted by atomic mass is 16.5. The molecule has 4 aromatic rings. The quantitative estimate of drug-likeness (QED) is 0.245. The molecule has 1 atom stereocenters. The minimum atomic E-state index is -0.497. The molecule has 2 fully saturated rings. The molecule has 12 nitrogen and oxygen atoms in total. The Labute approximate surface area is 303 Å². The van der Waals surface area contributed by atoms with Crippen LogP contribution in [0.4, 0.5) is 5.82 Å². The molecule has 0 N–H and O–H groups in total. The van der Waals surface area contributed by atoms with Gasteiger partial charge in [-0.1, -0.05) is 36.4 Å². The Balaban J connectivity index is 0.888. The molecule has 2 saturated heterocycles. The smallest absolute Gasteiger partial charge is 0.237 e. The summed E-state index contributed by atoms with van der Waals surface area (Å²) >= 11 is 0. The molecule has 12 heteroatoms. The van der Waals surface area contributed by atoms with Crippen LogP contribution in [0, 0.1) is 5.41 Å². The van der Waals surface area contributed by atoms with E-state index in [1.807, 2.05) is 73.2 Å². The fourth-order valence-electron chi connectivity index (χ4n) is 7.86. The van der Waals surface area contributed by atoms with Gasteiger partial charge in [-0.05, 0) is 75.1 Å². The Hall–Kier alpha value is -5.36.